The van der Waals surface area contributed by atoms with Crippen LogP contribution in [0.15, 0.2) is 41.1 Å². The number of rotatable bonds is 8. The minimum absolute atomic E-state index is 0.133. The number of benzene rings is 1. The van der Waals surface area contributed by atoms with Crippen LogP contribution in [0.2, 0.25) is 0 Å². The van der Waals surface area contributed by atoms with E-state index in [1.165, 1.54) is 0 Å². The quantitative estimate of drug-likeness (QED) is 0.301. The molecule has 1 saturated carbocycles. The second-order valence-electron chi connectivity index (χ2n) is 11.8. The lowest BCUT2D eigenvalue weighted by Gasteiger charge is -2.32. The van der Waals surface area contributed by atoms with E-state index < -0.39 is 18.3 Å². The monoisotopic (exact) mass is 529 g/mol. The smallest absolute Gasteiger partial charge is 0.497 e. The molecule has 0 amide bonds. The SMILES string of the molecule is COc1ccc(CNc2nccc3c2c(-c2noc(C4CC4)c2B2OC(C)(C)C(C)(C)O2)nn3C(C)C)cc1. The lowest BCUT2D eigenvalue weighted by Crippen LogP contribution is -2.41. The van der Waals surface area contributed by atoms with Crippen molar-refractivity contribution >= 4 is 29.3 Å². The van der Waals surface area contributed by atoms with Crippen molar-refractivity contribution in [3.63, 3.8) is 0 Å². The summed E-state index contributed by atoms with van der Waals surface area (Å²) in [5.41, 5.74) is 3.32. The maximum atomic E-state index is 6.51. The number of nitrogens with zero attached hydrogens (tertiary/aromatic N) is 4. The summed E-state index contributed by atoms with van der Waals surface area (Å²) in [5.74, 6) is 2.73. The number of nitrogens with one attached hydrogen (secondary N) is 1. The number of anilines is 1. The average Bonchev–Trinajstić information content (AvgIpc) is 3.45. The fraction of sp³-hybridized carbons (Fsp3) is 0.483. The van der Waals surface area contributed by atoms with Crippen LogP contribution in [-0.2, 0) is 15.9 Å². The van der Waals surface area contributed by atoms with Gasteiger partial charge in [0.2, 0.25) is 0 Å². The molecule has 2 aliphatic rings. The van der Waals surface area contributed by atoms with Gasteiger partial charge in [-0.1, -0.05) is 17.3 Å². The molecular weight excluding hydrogens is 493 g/mol. The van der Waals surface area contributed by atoms with E-state index in [1.54, 1.807) is 7.11 Å². The topological polar surface area (TPSA) is 96.5 Å². The third-order valence-electron chi connectivity index (χ3n) is 8.15. The fourth-order valence-corrected chi connectivity index (χ4v) is 5.02. The third kappa shape index (κ3) is 4.49. The van der Waals surface area contributed by atoms with Crippen LogP contribution >= 0.6 is 0 Å². The van der Waals surface area contributed by atoms with Gasteiger partial charge in [0.1, 0.15) is 28.7 Å². The van der Waals surface area contributed by atoms with E-state index in [1.807, 2.05) is 41.2 Å². The zero-order chi connectivity index (χ0) is 27.5. The summed E-state index contributed by atoms with van der Waals surface area (Å²) in [5, 5.41) is 14.1. The van der Waals surface area contributed by atoms with Gasteiger partial charge in [0.25, 0.3) is 0 Å². The molecule has 10 heteroatoms. The number of hydrogen-bond donors (Lipinski definition) is 1. The molecule has 0 radical (unpaired) electrons. The van der Waals surface area contributed by atoms with Crippen LogP contribution < -0.4 is 15.5 Å². The van der Waals surface area contributed by atoms with E-state index in [0.29, 0.717) is 23.9 Å². The lowest BCUT2D eigenvalue weighted by molar-refractivity contribution is 0.00578. The number of hydrogen-bond acceptors (Lipinski definition) is 8. The van der Waals surface area contributed by atoms with Gasteiger partial charge < -0.3 is 23.9 Å². The Labute approximate surface area is 229 Å². The first-order chi connectivity index (χ1) is 18.6. The van der Waals surface area contributed by atoms with Gasteiger partial charge in [-0.2, -0.15) is 5.10 Å². The Morgan fingerprint density at radius 1 is 1.05 bits per heavy atom. The summed E-state index contributed by atoms with van der Waals surface area (Å²) in [4.78, 5) is 4.73. The summed E-state index contributed by atoms with van der Waals surface area (Å²) in [6, 6.07) is 10.1. The van der Waals surface area contributed by atoms with Crippen molar-refractivity contribution in [2.24, 2.45) is 0 Å². The van der Waals surface area contributed by atoms with Gasteiger partial charge in [-0.3, -0.25) is 4.68 Å². The Kier molecular flexibility index (Phi) is 6.23. The zero-order valence-corrected chi connectivity index (χ0v) is 23.7. The maximum absolute atomic E-state index is 6.51. The van der Waals surface area contributed by atoms with Gasteiger partial charge in [0.15, 0.2) is 0 Å². The third-order valence-corrected chi connectivity index (χ3v) is 8.15. The number of fused-ring (bicyclic) bond motifs is 1. The molecule has 39 heavy (non-hydrogen) atoms. The number of aromatic nitrogens is 4. The van der Waals surface area contributed by atoms with Gasteiger partial charge in [-0.25, -0.2) is 4.98 Å². The van der Waals surface area contributed by atoms with E-state index in [-0.39, 0.29) is 6.04 Å². The standard InChI is InChI=1S/C29H36BN5O4/c1-17(2)35-21-14-15-31-27(32-16-18-8-12-20(36-7)13-9-18)22(21)24(33-35)25-23(26(37-34-25)19-10-11-19)30-38-28(3,4)29(5,6)39-30/h8-9,12-15,17,19H,10-11,16H2,1-7H3,(H,31,32). The number of methoxy groups -OCH3 is 1. The highest BCUT2D eigenvalue weighted by atomic mass is 16.7. The molecule has 6 rings (SSSR count). The molecule has 1 aromatic carbocycles. The zero-order valence-electron chi connectivity index (χ0n) is 23.7. The fourth-order valence-electron chi connectivity index (χ4n) is 5.02. The predicted molar refractivity (Wildman–Crippen MR) is 151 cm³/mol. The number of ether oxygens (including phenoxy) is 1. The summed E-state index contributed by atoms with van der Waals surface area (Å²) in [7, 11) is 1.07. The molecular formula is C29H36BN5O4. The van der Waals surface area contributed by atoms with E-state index in [9.17, 15) is 0 Å². The largest absolute Gasteiger partial charge is 0.500 e. The van der Waals surface area contributed by atoms with Crippen molar-refractivity contribution < 1.29 is 18.6 Å². The van der Waals surface area contributed by atoms with E-state index in [2.05, 4.69) is 52.0 Å². The molecule has 0 atom stereocenters. The van der Waals surface area contributed by atoms with E-state index >= 15 is 0 Å². The van der Waals surface area contributed by atoms with Crippen LogP contribution in [-0.4, -0.2) is 45.4 Å². The highest BCUT2D eigenvalue weighted by molar-refractivity contribution is 6.64. The molecule has 2 fully saturated rings. The molecule has 1 aliphatic carbocycles. The molecule has 1 aliphatic heterocycles. The molecule has 204 valence electrons. The first-order valence-corrected chi connectivity index (χ1v) is 13.7. The molecule has 1 N–H and O–H groups in total. The first kappa shape index (κ1) is 25.9. The average molecular weight is 529 g/mol. The Hall–Kier alpha value is -3.37. The van der Waals surface area contributed by atoms with Crippen molar-refractivity contribution in [3.05, 3.63) is 47.9 Å². The van der Waals surface area contributed by atoms with Gasteiger partial charge in [-0.15, -0.1) is 0 Å². The molecule has 0 bridgehead atoms. The van der Waals surface area contributed by atoms with Crippen molar-refractivity contribution in [1.29, 1.82) is 0 Å². The summed E-state index contributed by atoms with van der Waals surface area (Å²) in [6.07, 6.45) is 3.95. The number of pyridine rings is 1. The molecule has 3 aromatic heterocycles. The van der Waals surface area contributed by atoms with Crippen molar-refractivity contribution in [2.45, 2.75) is 84.1 Å². The molecule has 0 spiro atoms. The Bertz CT molecular complexity index is 1490. The minimum Gasteiger partial charge on any atom is -0.497 e. The Balaban J connectivity index is 1.46. The highest BCUT2D eigenvalue weighted by Crippen LogP contribution is 2.44. The van der Waals surface area contributed by atoms with Gasteiger partial charge >= 0.3 is 7.12 Å². The predicted octanol–water partition coefficient (Wildman–Crippen LogP) is 5.46. The Morgan fingerprint density at radius 3 is 2.36 bits per heavy atom. The summed E-state index contributed by atoms with van der Waals surface area (Å²) in [6.45, 7) is 13.1. The van der Waals surface area contributed by atoms with Gasteiger partial charge in [0, 0.05) is 24.7 Å². The second-order valence-corrected chi connectivity index (χ2v) is 11.8. The van der Waals surface area contributed by atoms with Crippen molar-refractivity contribution in [2.75, 3.05) is 12.4 Å². The minimum atomic E-state index is -0.599. The van der Waals surface area contributed by atoms with Crippen LogP contribution in [0.4, 0.5) is 5.82 Å². The van der Waals surface area contributed by atoms with Crippen LogP contribution in [0.5, 0.6) is 5.75 Å². The van der Waals surface area contributed by atoms with Crippen LogP contribution in [0.1, 0.15) is 77.7 Å². The summed E-state index contributed by atoms with van der Waals surface area (Å²) >= 11 is 0. The van der Waals surface area contributed by atoms with Gasteiger partial charge in [-0.05, 0) is 78.1 Å². The maximum Gasteiger partial charge on any atom is 0.500 e. The van der Waals surface area contributed by atoms with Crippen LogP contribution in [0, 0.1) is 0 Å². The first-order valence-electron chi connectivity index (χ1n) is 13.7. The highest BCUT2D eigenvalue weighted by Gasteiger charge is 2.55. The molecule has 0 unspecified atom stereocenters. The lowest BCUT2D eigenvalue weighted by atomic mass is 9.75. The van der Waals surface area contributed by atoms with Crippen molar-refractivity contribution in [1.82, 2.24) is 19.9 Å². The van der Waals surface area contributed by atoms with Crippen molar-refractivity contribution in [3.8, 4) is 17.1 Å². The Morgan fingerprint density at radius 2 is 1.74 bits per heavy atom. The van der Waals surface area contributed by atoms with Crippen LogP contribution in [0.3, 0.4) is 0 Å². The molecule has 4 aromatic rings. The van der Waals surface area contributed by atoms with E-state index in [0.717, 1.165) is 52.1 Å². The molecule has 9 nitrogen and oxygen atoms in total. The molecule has 4 heterocycles. The van der Waals surface area contributed by atoms with Crippen LogP contribution in [0.25, 0.3) is 22.3 Å². The summed E-state index contributed by atoms with van der Waals surface area (Å²) < 4.78 is 26.4. The molecule has 1 saturated heterocycles. The normalized spacial score (nSPS) is 18.3. The van der Waals surface area contributed by atoms with E-state index in [4.69, 9.17) is 28.7 Å². The van der Waals surface area contributed by atoms with Gasteiger partial charge in [0.05, 0.1) is 34.7 Å². The second kappa shape index (κ2) is 9.38.